The van der Waals surface area contributed by atoms with Crippen LogP contribution in [0.1, 0.15) is 12.0 Å². The van der Waals surface area contributed by atoms with Gasteiger partial charge in [0.05, 0.1) is 5.56 Å². The van der Waals surface area contributed by atoms with Gasteiger partial charge in [-0.25, -0.2) is 0 Å². The lowest BCUT2D eigenvalue weighted by Gasteiger charge is -2.25. The quantitative estimate of drug-likeness (QED) is 0.857. The number of carboxylic acid groups (broad SMARTS) is 1. The van der Waals surface area contributed by atoms with Crippen LogP contribution in [0, 0.1) is 0 Å². The lowest BCUT2D eigenvalue weighted by molar-refractivity contribution is -0.142. The summed E-state index contributed by atoms with van der Waals surface area (Å²) in [5.74, 6) is -1.20. The summed E-state index contributed by atoms with van der Waals surface area (Å²) in [6.45, 7) is 0.0283. The van der Waals surface area contributed by atoms with E-state index in [4.69, 9.17) is 10.8 Å². The summed E-state index contributed by atoms with van der Waals surface area (Å²) in [4.78, 5) is 12.4. The van der Waals surface area contributed by atoms with Gasteiger partial charge in [-0.1, -0.05) is 15.9 Å². The Morgan fingerprint density at radius 3 is 2.60 bits per heavy atom. The van der Waals surface area contributed by atoms with Gasteiger partial charge in [0.2, 0.25) is 0 Å². The summed E-state index contributed by atoms with van der Waals surface area (Å²) >= 11 is 3.01. The third-order valence-electron chi connectivity index (χ3n) is 3.33. The van der Waals surface area contributed by atoms with Crippen LogP contribution < -0.4 is 10.6 Å². The number of aliphatic carboxylic acids is 1. The van der Waals surface area contributed by atoms with Crippen molar-refractivity contribution in [2.75, 3.05) is 18.0 Å². The monoisotopic (exact) mass is 352 g/mol. The molecule has 1 aromatic rings. The Labute approximate surface area is 121 Å². The molecule has 2 rings (SSSR count). The van der Waals surface area contributed by atoms with E-state index in [1.165, 1.54) is 17.0 Å². The fourth-order valence-corrected chi connectivity index (χ4v) is 2.59. The van der Waals surface area contributed by atoms with E-state index in [1.807, 2.05) is 0 Å². The van der Waals surface area contributed by atoms with Crippen molar-refractivity contribution in [1.82, 2.24) is 0 Å². The van der Waals surface area contributed by atoms with Crippen molar-refractivity contribution in [2.45, 2.75) is 18.1 Å². The smallest absolute Gasteiger partial charge is 0.418 e. The second kappa shape index (κ2) is 4.92. The molecule has 8 heteroatoms. The molecule has 1 unspecified atom stereocenters. The van der Waals surface area contributed by atoms with E-state index >= 15 is 0 Å². The molecule has 1 aromatic carbocycles. The van der Waals surface area contributed by atoms with E-state index in [0.29, 0.717) is 4.47 Å². The minimum atomic E-state index is -4.51. The highest BCUT2D eigenvalue weighted by molar-refractivity contribution is 9.10. The second-order valence-corrected chi connectivity index (χ2v) is 5.71. The van der Waals surface area contributed by atoms with E-state index < -0.39 is 23.2 Å². The van der Waals surface area contributed by atoms with Crippen molar-refractivity contribution in [3.05, 3.63) is 28.2 Å². The average molecular weight is 353 g/mol. The first-order chi connectivity index (χ1) is 9.13. The average Bonchev–Trinajstić information content (AvgIpc) is 2.72. The van der Waals surface area contributed by atoms with E-state index in [-0.39, 0.29) is 25.2 Å². The molecule has 1 heterocycles. The molecule has 0 radical (unpaired) electrons. The van der Waals surface area contributed by atoms with Crippen LogP contribution in [0.2, 0.25) is 0 Å². The number of hydrogen-bond acceptors (Lipinski definition) is 3. The minimum absolute atomic E-state index is 0.0470. The van der Waals surface area contributed by atoms with Gasteiger partial charge < -0.3 is 15.7 Å². The van der Waals surface area contributed by atoms with Gasteiger partial charge in [-0.15, -0.1) is 0 Å². The van der Waals surface area contributed by atoms with Crippen LogP contribution in [-0.2, 0) is 11.0 Å². The van der Waals surface area contributed by atoms with Crippen LogP contribution in [0.15, 0.2) is 22.7 Å². The number of carbonyl (C=O) groups is 1. The summed E-state index contributed by atoms with van der Waals surface area (Å²) in [5.41, 5.74) is 3.33. The molecule has 0 spiro atoms. The van der Waals surface area contributed by atoms with Crippen LogP contribution in [0.3, 0.4) is 0 Å². The van der Waals surface area contributed by atoms with Crippen molar-refractivity contribution in [3.8, 4) is 0 Å². The van der Waals surface area contributed by atoms with Gasteiger partial charge in [0.15, 0.2) is 0 Å². The molecule has 0 amide bonds. The first-order valence-corrected chi connectivity index (χ1v) is 6.57. The number of carboxylic acids is 1. The fourth-order valence-electron chi connectivity index (χ4n) is 2.22. The molecule has 3 N–H and O–H groups in total. The second-order valence-electron chi connectivity index (χ2n) is 4.79. The summed E-state index contributed by atoms with van der Waals surface area (Å²) < 4.78 is 39.4. The third kappa shape index (κ3) is 2.76. The van der Waals surface area contributed by atoms with Gasteiger partial charge in [0.25, 0.3) is 0 Å². The zero-order valence-corrected chi connectivity index (χ0v) is 11.8. The molecule has 1 aliphatic rings. The lowest BCUT2D eigenvalue weighted by atomic mass is 10.0. The zero-order chi connectivity index (χ0) is 15.1. The topological polar surface area (TPSA) is 66.6 Å². The Balaban J connectivity index is 2.38. The van der Waals surface area contributed by atoms with Crippen molar-refractivity contribution >= 4 is 27.6 Å². The SMILES string of the molecule is NC1(C(=O)O)CCN(c2ccc(Br)cc2C(F)(F)F)C1. The predicted molar refractivity (Wildman–Crippen MR) is 70.5 cm³/mol. The number of halogens is 4. The van der Waals surface area contributed by atoms with Crippen LogP contribution in [0.5, 0.6) is 0 Å². The molecule has 1 aliphatic heterocycles. The number of benzene rings is 1. The minimum Gasteiger partial charge on any atom is -0.480 e. The molecular weight excluding hydrogens is 341 g/mol. The number of rotatable bonds is 2. The maximum absolute atomic E-state index is 13.0. The largest absolute Gasteiger partial charge is 0.480 e. The molecule has 0 aliphatic carbocycles. The number of alkyl halides is 3. The Morgan fingerprint density at radius 1 is 1.45 bits per heavy atom. The standard InChI is InChI=1S/C12H12BrF3N2O2/c13-7-1-2-9(8(5-7)12(14,15)16)18-4-3-11(17,6-18)10(19)20/h1-2,5H,3-4,6,17H2,(H,19,20). The molecule has 0 saturated carbocycles. The maximum atomic E-state index is 13.0. The molecule has 4 nitrogen and oxygen atoms in total. The van der Waals surface area contributed by atoms with Gasteiger partial charge in [-0.2, -0.15) is 13.2 Å². The first-order valence-electron chi connectivity index (χ1n) is 5.77. The van der Waals surface area contributed by atoms with Gasteiger partial charge in [-0.05, 0) is 24.6 Å². The lowest BCUT2D eigenvalue weighted by Crippen LogP contribution is -2.50. The molecule has 0 aromatic heterocycles. The van der Waals surface area contributed by atoms with E-state index in [2.05, 4.69) is 15.9 Å². The molecular formula is C12H12BrF3N2O2. The predicted octanol–water partition coefficient (Wildman–Crippen LogP) is 2.46. The van der Waals surface area contributed by atoms with Gasteiger partial charge in [-0.3, -0.25) is 4.79 Å². The van der Waals surface area contributed by atoms with Crippen LogP contribution in [0.25, 0.3) is 0 Å². The zero-order valence-electron chi connectivity index (χ0n) is 10.2. The van der Waals surface area contributed by atoms with Gasteiger partial charge in [0, 0.05) is 23.2 Å². The highest BCUT2D eigenvalue weighted by Gasteiger charge is 2.44. The summed E-state index contributed by atoms with van der Waals surface area (Å²) in [5, 5.41) is 9.03. The van der Waals surface area contributed by atoms with Crippen LogP contribution in [-0.4, -0.2) is 29.7 Å². The highest BCUT2D eigenvalue weighted by atomic mass is 79.9. The maximum Gasteiger partial charge on any atom is 0.418 e. The summed E-state index contributed by atoms with van der Waals surface area (Å²) in [7, 11) is 0. The number of hydrogen-bond donors (Lipinski definition) is 2. The third-order valence-corrected chi connectivity index (χ3v) is 3.82. The van der Waals surface area contributed by atoms with E-state index in [9.17, 15) is 18.0 Å². The molecule has 20 heavy (non-hydrogen) atoms. The molecule has 110 valence electrons. The van der Waals surface area contributed by atoms with E-state index in [0.717, 1.165) is 6.07 Å². The van der Waals surface area contributed by atoms with Crippen molar-refractivity contribution in [3.63, 3.8) is 0 Å². The van der Waals surface area contributed by atoms with E-state index in [1.54, 1.807) is 0 Å². The number of nitrogens with two attached hydrogens (primary N) is 1. The Kier molecular flexibility index (Phi) is 3.72. The number of anilines is 1. The molecule has 1 atom stereocenters. The number of nitrogens with zero attached hydrogens (tertiary/aromatic N) is 1. The Bertz CT molecular complexity index is 550. The van der Waals surface area contributed by atoms with Gasteiger partial charge in [0.1, 0.15) is 5.54 Å². The highest BCUT2D eigenvalue weighted by Crippen LogP contribution is 2.40. The van der Waals surface area contributed by atoms with Crippen LogP contribution >= 0.6 is 15.9 Å². The molecule has 1 fully saturated rings. The fraction of sp³-hybridized carbons (Fsp3) is 0.417. The normalized spacial score (nSPS) is 23.1. The van der Waals surface area contributed by atoms with Crippen molar-refractivity contribution in [1.29, 1.82) is 0 Å². The first kappa shape index (κ1) is 15.1. The van der Waals surface area contributed by atoms with Crippen molar-refractivity contribution in [2.24, 2.45) is 5.73 Å². The summed E-state index contributed by atoms with van der Waals surface area (Å²) in [6, 6.07) is 3.79. The van der Waals surface area contributed by atoms with Gasteiger partial charge >= 0.3 is 12.1 Å². The Morgan fingerprint density at radius 2 is 2.10 bits per heavy atom. The molecule has 1 saturated heterocycles. The van der Waals surface area contributed by atoms with Crippen molar-refractivity contribution < 1.29 is 23.1 Å². The molecule has 0 bridgehead atoms. The summed E-state index contributed by atoms with van der Waals surface area (Å²) in [6.07, 6.45) is -4.40. The Hall–Kier alpha value is -1.28. The van der Waals surface area contributed by atoms with Crippen LogP contribution in [0.4, 0.5) is 18.9 Å².